The average molecular weight is 571 g/mol. The molecule has 22 heavy (non-hydrogen) atoms. The minimum Gasteiger partial charge on any atom is -0.354 e. The Balaban J connectivity index is 0.00000121. The van der Waals surface area contributed by atoms with Crippen LogP contribution in [0.4, 0.5) is 0 Å². The largest absolute Gasteiger partial charge is 0.354 e. The molecule has 0 saturated carbocycles. The molecule has 2 heterocycles. The molecule has 2 aliphatic heterocycles. The van der Waals surface area contributed by atoms with Gasteiger partial charge in [-0.05, 0) is 6.08 Å². The molecule has 0 spiro atoms. The van der Waals surface area contributed by atoms with E-state index in [0.29, 0.717) is 28.1 Å². The highest BCUT2D eigenvalue weighted by Crippen LogP contribution is 2.27. The fourth-order valence-corrected chi connectivity index (χ4v) is 2.83. The van der Waals surface area contributed by atoms with E-state index in [1.54, 1.807) is 0 Å². The molecular formula is C12H18Cl2I2N6. The molecule has 6 nitrogen and oxygen atoms in total. The standard InChI is InChI=1S/C12H16Cl2N6.2HI/c13-8-5-7(19-11-15-1-2-16-11)6-9(14)10(8)20-12-17-3-4-18-12;;/h5,11,15-16H,1-4,6H2,(H2,17,18,20);2*1H. The van der Waals surface area contributed by atoms with E-state index in [1.807, 2.05) is 6.08 Å². The Kier molecular flexibility index (Phi) is 8.93. The first kappa shape index (κ1) is 20.4. The van der Waals surface area contributed by atoms with E-state index in [1.165, 1.54) is 0 Å². The number of aliphatic imine (C=N–C) groups is 2. The van der Waals surface area contributed by atoms with Gasteiger partial charge in [0.15, 0.2) is 12.2 Å². The summed E-state index contributed by atoms with van der Waals surface area (Å²) >= 11 is 12.6. The van der Waals surface area contributed by atoms with Gasteiger partial charge in [-0.2, -0.15) is 0 Å². The first-order valence-electron chi connectivity index (χ1n) is 6.57. The summed E-state index contributed by atoms with van der Waals surface area (Å²) in [5.41, 5.74) is 1.56. The van der Waals surface area contributed by atoms with Crippen molar-refractivity contribution in [3.8, 4) is 0 Å². The molecule has 10 heteroatoms. The minimum atomic E-state index is -0.0504. The molecule has 3 rings (SSSR count). The molecule has 0 aromatic carbocycles. The number of nitrogens with one attached hydrogen (secondary N) is 4. The van der Waals surface area contributed by atoms with Gasteiger partial charge < -0.3 is 10.6 Å². The third-order valence-corrected chi connectivity index (χ3v) is 3.77. The van der Waals surface area contributed by atoms with Crippen molar-refractivity contribution in [2.75, 3.05) is 26.2 Å². The summed E-state index contributed by atoms with van der Waals surface area (Å²) in [6.45, 7) is 3.43. The quantitative estimate of drug-likeness (QED) is 0.381. The van der Waals surface area contributed by atoms with Crippen LogP contribution in [0, 0.1) is 0 Å². The van der Waals surface area contributed by atoms with Gasteiger partial charge in [0.2, 0.25) is 0 Å². The van der Waals surface area contributed by atoms with Crippen LogP contribution in [-0.2, 0) is 0 Å². The lowest BCUT2D eigenvalue weighted by molar-refractivity contribution is 0.580. The van der Waals surface area contributed by atoms with Gasteiger partial charge in [0.05, 0.1) is 17.3 Å². The van der Waals surface area contributed by atoms with E-state index in [0.717, 1.165) is 31.9 Å². The summed E-state index contributed by atoms with van der Waals surface area (Å²) in [7, 11) is 0. The van der Waals surface area contributed by atoms with Crippen LogP contribution in [0.3, 0.4) is 0 Å². The van der Waals surface area contributed by atoms with Crippen molar-refractivity contribution < 1.29 is 0 Å². The van der Waals surface area contributed by atoms with E-state index in [-0.39, 0.29) is 54.2 Å². The molecule has 1 aliphatic carbocycles. The summed E-state index contributed by atoms with van der Waals surface area (Å²) in [5.74, 6) is 0.712. The monoisotopic (exact) mass is 570 g/mol. The molecule has 0 aromatic heterocycles. The van der Waals surface area contributed by atoms with Crippen molar-refractivity contribution in [3.63, 3.8) is 0 Å². The highest BCUT2D eigenvalue weighted by atomic mass is 127. The number of halogens is 4. The Bertz CT molecular complexity index is 526. The van der Waals surface area contributed by atoms with Crippen molar-refractivity contribution in [3.05, 3.63) is 21.8 Å². The van der Waals surface area contributed by atoms with Crippen LogP contribution in [0.15, 0.2) is 31.8 Å². The van der Waals surface area contributed by atoms with Gasteiger partial charge in [-0.25, -0.2) is 0 Å². The summed E-state index contributed by atoms with van der Waals surface area (Å²) in [5, 5.41) is 13.9. The highest BCUT2D eigenvalue weighted by molar-refractivity contribution is 14.0. The average Bonchev–Trinajstić information content (AvgIpc) is 3.06. The van der Waals surface area contributed by atoms with Gasteiger partial charge in [0.1, 0.15) is 0 Å². The van der Waals surface area contributed by atoms with Crippen molar-refractivity contribution >= 4 is 82.8 Å². The Hall–Kier alpha value is 0.380. The SMILES string of the molecule is ClC1=CC(=NC2NCCN2)CC(Cl)=C1NC1=NCCN1.I.I. The molecule has 3 aliphatic rings. The normalized spacial score (nSPS) is 23.5. The molecule has 0 atom stereocenters. The van der Waals surface area contributed by atoms with E-state index in [9.17, 15) is 0 Å². The van der Waals surface area contributed by atoms with Gasteiger partial charge >= 0.3 is 0 Å². The van der Waals surface area contributed by atoms with Gasteiger partial charge in [-0.15, -0.1) is 48.0 Å². The van der Waals surface area contributed by atoms with Crippen molar-refractivity contribution in [2.24, 2.45) is 9.98 Å². The Morgan fingerprint density at radius 2 is 1.91 bits per heavy atom. The van der Waals surface area contributed by atoms with Gasteiger partial charge in [-0.1, -0.05) is 23.2 Å². The van der Waals surface area contributed by atoms with E-state index in [2.05, 4.69) is 31.3 Å². The zero-order valence-corrected chi connectivity index (χ0v) is 17.8. The Morgan fingerprint density at radius 1 is 1.18 bits per heavy atom. The molecule has 1 saturated heterocycles. The third kappa shape index (κ3) is 5.20. The Morgan fingerprint density at radius 3 is 2.50 bits per heavy atom. The molecule has 4 N–H and O–H groups in total. The van der Waals surface area contributed by atoms with E-state index < -0.39 is 0 Å². The third-order valence-electron chi connectivity index (χ3n) is 3.15. The lowest BCUT2D eigenvalue weighted by atomic mass is 10.1. The molecule has 0 aromatic rings. The van der Waals surface area contributed by atoms with Gasteiger partial charge in [-0.3, -0.25) is 20.6 Å². The maximum atomic E-state index is 6.32. The van der Waals surface area contributed by atoms with Crippen LogP contribution in [0.2, 0.25) is 0 Å². The number of hydrogen-bond donors (Lipinski definition) is 4. The number of nitrogens with zero attached hydrogens (tertiary/aromatic N) is 2. The van der Waals surface area contributed by atoms with Crippen LogP contribution in [0.5, 0.6) is 0 Å². The summed E-state index contributed by atoms with van der Waals surface area (Å²) in [6, 6.07) is 0. The molecule has 1 fully saturated rings. The van der Waals surface area contributed by atoms with E-state index >= 15 is 0 Å². The van der Waals surface area contributed by atoms with E-state index in [4.69, 9.17) is 23.2 Å². The van der Waals surface area contributed by atoms with Gasteiger partial charge in [0.25, 0.3) is 0 Å². The fraction of sp³-hybridized carbons (Fsp3) is 0.500. The summed E-state index contributed by atoms with van der Waals surface area (Å²) in [4.78, 5) is 8.81. The van der Waals surface area contributed by atoms with Crippen LogP contribution in [0.1, 0.15) is 6.42 Å². The molecule has 0 bridgehead atoms. The lowest BCUT2D eigenvalue weighted by Crippen LogP contribution is -2.35. The zero-order chi connectivity index (χ0) is 13.9. The molecule has 124 valence electrons. The van der Waals surface area contributed by atoms with Gasteiger partial charge in [0, 0.05) is 36.8 Å². The lowest BCUT2D eigenvalue weighted by Gasteiger charge is -2.18. The van der Waals surface area contributed by atoms with Crippen molar-refractivity contribution in [1.29, 1.82) is 0 Å². The summed E-state index contributed by atoms with van der Waals surface area (Å²) in [6.07, 6.45) is 2.35. The molecular weight excluding hydrogens is 553 g/mol. The van der Waals surface area contributed by atoms with Crippen LogP contribution in [0.25, 0.3) is 0 Å². The minimum absolute atomic E-state index is 0. The number of guanidine groups is 1. The Labute approximate surface area is 173 Å². The molecule has 0 radical (unpaired) electrons. The fourth-order valence-electron chi connectivity index (χ4n) is 2.20. The summed E-state index contributed by atoms with van der Waals surface area (Å²) < 4.78 is 0. The predicted molar refractivity (Wildman–Crippen MR) is 113 cm³/mol. The highest BCUT2D eigenvalue weighted by Gasteiger charge is 2.21. The van der Waals surface area contributed by atoms with Crippen molar-refractivity contribution in [1.82, 2.24) is 21.3 Å². The van der Waals surface area contributed by atoms with Crippen LogP contribution < -0.4 is 21.3 Å². The first-order valence-corrected chi connectivity index (χ1v) is 7.33. The van der Waals surface area contributed by atoms with Crippen LogP contribution in [-0.4, -0.2) is 44.1 Å². The number of hydrogen-bond acceptors (Lipinski definition) is 6. The second-order valence-electron chi connectivity index (χ2n) is 4.66. The second-order valence-corrected chi connectivity index (χ2v) is 5.53. The number of rotatable bonds is 2. The topological polar surface area (TPSA) is 72.8 Å². The first-order chi connectivity index (χ1) is 9.72. The second kappa shape index (κ2) is 9.62. The predicted octanol–water partition coefficient (Wildman–Crippen LogP) is 1.67. The smallest absolute Gasteiger partial charge is 0.195 e. The van der Waals surface area contributed by atoms with Crippen molar-refractivity contribution in [2.45, 2.75) is 12.7 Å². The number of allylic oxidation sites excluding steroid dienone is 3. The molecule has 0 amide bonds. The maximum Gasteiger partial charge on any atom is 0.195 e. The van der Waals surface area contributed by atoms with Crippen LogP contribution >= 0.6 is 71.2 Å². The molecule has 0 unspecified atom stereocenters. The maximum absolute atomic E-state index is 6.32. The zero-order valence-electron chi connectivity index (χ0n) is 11.7.